The minimum Gasteiger partial charge on any atom is -0.361 e. The number of para-hydroxylation sites is 1. The number of hydrogen-bond acceptors (Lipinski definition) is 5. The molecule has 0 atom stereocenters. The summed E-state index contributed by atoms with van der Waals surface area (Å²) in [5.74, 6) is -0.739. The molecule has 0 aliphatic heterocycles. The molecule has 0 spiro atoms. The van der Waals surface area contributed by atoms with Crippen molar-refractivity contribution in [2.45, 2.75) is 25.9 Å². The molecule has 2 aromatic rings. The van der Waals surface area contributed by atoms with Gasteiger partial charge in [0.2, 0.25) is 5.78 Å². The Bertz CT molecular complexity index is 753. The van der Waals surface area contributed by atoms with Crippen LogP contribution < -0.4 is 0 Å². The van der Waals surface area contributed by atoms with Gasteiger partial charge in [0.25, 0.3) is 5.69 Å². The number of carbonyl (C=O) groups excluding carboxylic acids is 1. The number of nitrogens with zero attached hydrogens (tertiary/aromatic N) is 2. The Kier molecular flexibility index (Phi) is 4.48. The molecule has 122 valence electrons. The summed E-state index contributed by atoms with van der Waals surface area (Å²) in [4.78, 5) is 22.3. The van der Waals surface area contributed by atoms with Crippen molar-refractivity contribution in [3.05, 3.63) is 57.0 Å². The number of aryl methyl sites for hydroxylation is 1. The number of hydrogen-bond donors (Lipinski definition) is 0. The summed E-state index contributed by atoms with van der Waals surface area (Å²) in [5, 5.41) is 14.5. The number of aromatic nitrogens is 1. The second kappa shape index (κ2) is 6.19. The van der Waals surface area contributed by atoms with Crippen LogP contribution in [0.5, 0.6) is 0 Å². The Labute approximate surface area is 128 Å². The third-order valence-corrected chi connectivity index (χ3v) is 3.14. The molecule has 2 rings (SSSR count). The molecule has 9 heteroatoms. The number of ketones is 1. The Hall–Kier alpha value is -2.71. The third kappa shape index (κ3) is 3.22. The molecule has 0 aliphatic carbocycles. The van der Waals surface area contributed by atoms with Gasteiger partial charge < -0.3 is 4.52 Å². The second-order valence-electron chi connectivity index (χ2n) is 4.70. The molecule has 23 heavy (non-hydrogen) atoms. The van der Waals surface area contributed by atoms with Crippen molar-refractivity contribution in [3.8, 4) is 0 Å². The highest BCUT2D eigenvalue weighted by Crippen LogP contribution is 2.38. The number of halogens is 3. The van der Waals surface area contributed by atoms with Crippen LogP contribution in [0.4, 0.5) is 18.9 Å². The van der Waals surface area contributed by atoms with Gasteiger partial charge in [0.05, 0.1) is 16.7 Å². The zero-order valence-electron chi connectivity index (χ0n) is 11.9. The summed E-state index contributed by atoms with van der Waals surface area (Å²) >= 11 is 0. The maximum Gasteiger partial charge on any atom is 0.423 e. The van der Waals surface area contributed by atoms with Crippen molar-refractivity contribution in [1.29, 1.82) is 0 Å². The Morgan fingerprint density at radius 2 is 2.04 bits per heavy atom. The topological polar surface area (TPSA) is 86.2 Å². The monoisotopic (exact) mass is 328 g/mol. The molecule has 0 saturated carbocycles. The summed E-state index contributed by atoms with van der Waals surface area (Å²) in [7, 11) is 0. The minimum atomic E-state index is -4.94. The average molecular weight is 328 g/mol. The van der Waals surface area contributed by atoms with Crippen LogP contribution in [-0.4, -0.2) is 15.9 Å². The highest BCUT2D eigenvalue weighted by atomic mass is 19.4. The number of rotatable bonds is 5. The molecule has 0 aliphatic rings. The van der Waals surface area contributed by atoms with Crippen LogP contribution in [0, 0.1) is 10.1 Å². The number of alkyl halides is 3. The van der Waals surface area contributed by atoms with Crippen molar-refractivity contribution in [1.82, 2.24) is 5.16 Å². The van der Waals surface area contributed by atoms with E-state index in [1.165, 1.54) is 0 Å². The first-order valence-electron chi connectivity index (χ1n) is 6.60. The molecule has 0 fully saturated rings. The number of carbonyl (C=O) groups is 1. The van der Waals surface area contributed by atoms with Crippen LogP contribution in [0.25, 0.3) is 0 Å². The first-order valence-corrected chi connectivity index (χ1v) is 6.60. The maximum atomic E-state index is 12.9. The van der Waals surface area contributed by atoms with Gasteiger partial charge in [0.15, 0.2) is 0 Å². The van der Waals surface area contributed by atoms with E-state index >= 15 is 0 Å². The predicted octanol–water partition coefficient (Wildman–Crippen LogP) is 3.79. The van der Waals surface area contributed by atoms with Gasteiger partial charge in [-0.05, 0) is 18.6 Å². The van der Waals surface area contributed by atoms with E-state index in [9.17, 15) is 28.1 Å². The van der Waals surface area contributed by atoms with Gasteiger partial charge in [-0.2, -0.15) is 13.2 Å². The van der Waals surface area contributed by atoms with E-state index in [-0.39, 0.29) is 11.3 Å². The fourth-order valence-corrected chi connectivity index (χ4v) is 2.15. The van der Waals surface area contributed by atoms with E-state index in [0.717, 1.165) is 18.3 Å². The third-order valence-electron chi connectivity index (χ3n) is 3.14. The van der Waals surface area contributed by atoms with E-state index < -0.39 is 33.7 Å². The lowest BCUT2D eigenvalue weighted by atomic mass is 9.98. The molecule has 6 nitrogen and oxygen atoms in total. The van der Waals surface area contributed by atoms with Crippen LogP contribution in [0.15, 0.2) is 28.9 Å². The minimum absolute atomic E-state index is 0.0747. The number of nitro groups is 1. The van der Waals surface area contributed by atoms with Crippen molar-refractivity contribution in [2.75, 3.05) is 0 Å². The van der Waals surface area contributed by atoms with Gasteiger partial charge in [-0.3, -0.25) is 14.9 Å². The first-order chi connectivity index (χ1) is 10.8. The van der Waals surface area contributed by atoms with Crippen LogP contribution >= 0.6 is 0 Å². The fourth-order valence-electron chi connectivity index (χ4n) is 2.15. The average Bonchev–Trinajstić information content (AvgIpc) is 2.93. The standard InChI is InChI=1S/C14H11F3N2O4/c1-2-4-11-9(7-18-23-11)13(20)8-5-3-6-10(14(15,16)17)12(8)19(21)22/h3,5-7H,2,4H2,1H3. The Morgan fingerprint density at radius 3 is 2.61 bits per heavy atom. The zero-order chi connectivity index (χ0) is 17.2. The molecule has 0 N–H and O–H groups in total. The summed E-state index contributed by atoms with van der Waals surface area (Å²) in [6.45, 7) is 1.81. The van der Waals surface area contributed by atoms with Gasteiger partial charge in [-0.1, -0.05) is 18.1 Å². The second-order valence-corrected chi connectivity index (χ2v) is 4.70. The summed E-state index contributed by atoms with van der Waals surface area (Å²) in [6, 6.07) is 2.50. The first kappa shape index (κ1) is 16.7. The lowest BCUT2D eigenvalue weighted by Gasteiger charge is -2.09. The highest BCUT2D eigenvalue weighted by molar-refractivity contribution is 6.12. The summed E-state index contributed by atoms with van der Waals surface area (Å²) in [5.41, 5.74) is -3.46. The van der Waals surface area contributed by atoms with Crippen molar-refractivity contribution < 1.29 is 27.4 Å². The van der Waals surface area contributed by atoms with Crippen LogP contribution in [0.2, 0.25) is 0 Å². The van der Waals surface area contributed by atoms with Gasteiger partial charge >= 0.3 is 6.18 Å². The molecule has 0 radical (unpaired) electrons. The lowest BCUT2D eigenvalue weighted by molar-refractivity contribution is -0.388. The number of benzene rings is 1. The van der Waals surface area contributed by atoms with E-state index in [4.69, 9.17) is 4.52 Å². The van der Waals surface area contributed by atoms with Gasteiger partial charge in [0.1, 0.15) is 16.9 Å². The summed E-state index contributed by atoms with van der Waals surface area (Å²) < 4.78 is 43.7. The van der Waals surface area contributed by atoms with Gasteiger partial charge in [-0.15, -0.1) is 0 Å². The van der Waals surface area contributed by atoms with Gasteiger partial charge in [0, 0.05) is 6.42 Å². The maximum absolute atomic E-state index is 12.9. The lowest BCUT2D eigenvalue weighted by Crippen LogP contribution is -2.14. The molecule has 0 unspecified atom stereocenters. The number of nitro benzene ring substituents is 1. The van der Waals surface area contributed by atoms with E-state index in [1.54, 1.807) is 0 Å². The molecule has 0 saturated heterocycles. The molecule has 1 heterocycles. The van der Waals surface area contributed by atoms with E-state index in [0.29, 0.717) is 18.9 Å². The predicted molar refractivity (Wildman–Crippen MR) is 72.0 cm³/mol. The van der Waals surface area contributed by atoms with Crippen molar-refractivity contribution in [3.63, 3.8) is 0 Å². The molecule has 0 bridgehead atoms. The molecular formula is C14H11F3N2O4. The van der Waals surface area contributed by atoms with E-state index in [1.807, 2.05) is 6.92 Å². The quantitative estimate of drug-likeness (QED) is 0.473. The normalized spacial score (nSPS) is 11.5. The Morgan fingerprint density at radius 1 is 1.35 bits per heavy atom. The Balaban J connectivity index is 2.61. The van der Waals surface area contributed by atoms with Crippen LogP contribution in [-0.2, 0) is 12.6 Å². The largest absolute Gasteiger partial charge is 0.423 e. The smallest absolute Gasteiger partial charge is 0.361 e. The summed E-state index contributed by atoms with van der Waals surface area (Å²) in [6.07, 6.45) is -2.94. The molecule has 1 aromatic heterocycles. The van der Waals surface area contributed by atoms with E-state index in [2.05, 4.69) is 5.16 Å². The van der Waals surface area contributed by atoms with Crippen molar-refractivity contribution in [2.24, 2.45) is 0 Å². The van der Waals surface area contributed by atoms with Crippen molar-refractivity contribution >= 4 is 11.5 Å². The SMILES string of the molecule is CCCc1oncc1C(=O)c1cccc(C(F)(F)F)c1[N+](=O)[O-]. The van der Waals surface area contributed by atoms with Crippen LogP contribution in [0.3, 0.4) is 0 Å². The fraction of sp³-hybridized carbons (Fsp3) is 0.286. The van der Waals surface area contributed by atoms with Crippen LogP contribution in [0.1, 0.15) is 40.6 Å². The highest BCUT2D eigenvalue weighted by Gasteiger charge is 2.41. The van der Waals surface area contributed by atoms with Gasteiger partial charge in [-0.25, -0.2) is 0 Å². The molecule has 0 amide bonds. The zero-order valence-corrected chi connectivity index (χ0v) is 11.9. The molecule has 1 aromatic carbocycles. The molecular weight excluding hydrogens is 317 g/mol.